The molecule has 2 aromatic rings. The number of nitrogens with zero attached hydrogens (tertiary/aromatic N) is 2. The maximum absolute atomic E-state index is 14.1. The van der Waals surface area contributed by atoms with Crippen LogP contribution in [0.4, 0.5) is 14.5 Å². The van der Waals surface area contributed by atoms with Crippen LogP contribution in [0.5, 0.6) is 0 Å². The van der Waals surface area contributed by atoms with Crippen LogP contribution in [0.15, 0.2) is 75.8 Å². The summed E-state index contributed by atoms with van der Waals surface area (Å²) in [5, 5.41) is 0. The van der Waals surface area contributed by atoms with E-state index in [1.54, 1.807) is 13.0 Å². The molecule has 35 heavy (non-hydrogen) atoms. The van der Waals surface area contributed by atoms with E-state index in [4.69, 9.17) is 10.5 Å². The van der Waals surface area contributed by atoms with Gasteiger partial charge in [0.1, 0.15) is 17.0 Å². The van der Waals surface area contributed by atoms with E-state index in [0.29, 0.717) is 28.1 Å². The molecule has 1 aliphatic heterocycles. The van der Waals surface area contributed by atoms with Gasteiger partial charge in [0, 0.05) is 13.1 Å². The second-order valence-corrected chi connectivity index (χ2v) is 10.5. The number of carbonyl (C=O) groups is 1. The first-order chi connectivity index (χ1) is 16.6. The summed E-state index contributed by atoms with van der Waals surface area (Å²) in [6.07, 6.45) is 3.35. The van der Waals surface area contributed by atoms with Crippen LogP contribution in [0.2, 0.25) is 0 Å². The normalized spacial score (nSPS) is 23.1. The Morgan fingerprint density at radius 3 is 2.54 bits per heavy atom. The first-order valence-corrected chi connectivity index (χ1v) is 12.4. The summed E-state index contributed by atoms with van der Waals surface area (Å²) in [6.45, 7) is 1.45. The second kappa shape index (κ2) is 9.35. The summed E-state index contributed by atoms with van der Waals surface area (Å²) in [5.41, 5.74) is 7.09. The van der Waals surface area contributed by atoms with Crippen molar-refractivity contribution in [2.45, 2.75) is 24.7 Å². The third-order valence-electron chi connectivity index (χ3n) is 6.46. The molecule has 0 saturated carbocycles. The summed E-state index contributed by atoms with van der Waals surface area (Å²) < 4.78 is 60.4. The molecule has 0 unspecified atom stereocenters. The number of carbonyl (C=O) groups excluding carboxylic acids is 1. The SMILES string of the molecule is COC(=O)[C@]12C/C(=C/N)C(=Nc3ccc(F)cc3)C=C1CCN(S(=O)(=O)c1ccc(C)c(F)c1)C2. The fraction of sp³-hybridized carbons (Fsp3) is 0.280. The van der Waals surface area contributed by atoms with E-state index in [-0.39, 0.29) is 30.8 Å². The van der Waals surface area contributed by atoms with Crippen LogP contribution < -0.4 is 5.73 Å². The molecule has 0 bridgehead atoms. The highest BCUT2D eigenvalue weighted by molar-refractivity contribution is 7.89. The minimum atomic E-state index is -4.08. The van der Waals surface area contributed by atoms with Crippen LogP contribution in [-0.2, 0) is 19.6 Å². The smallest absolute Gasteiger partial charge is 0.317 e. The molecule has 2 N–H and O–H groups in total. The molecule has 184 valence electrons. The molecule has 10 heteroatoms. The Balaban J connectivity index is 1.76. The molecule has 2 aromatic carbocycles. The highest BCUT2D eigenvalue weighted by Gasteiger charge is 2.52. The van der Waals surface area contributed by atoms with Crippen LogP contribution >= 0.6 is 0 Å². The number of allylic oxidation sites excluding steroid dienone is 2. The van der Waals surface area contributed by atoms with Gasteiger partial charge >= 0.3 is 5.97 Å². The number of aliphatic imine (C=N–C) groups is 1. The molecule has 1 atom stereocenters. The zero-order valence-corrected chi connectivity index (χ0v) is 20.1. The Labute approximate surface area is 202 Å². The summed E-state index contributed by atoms with van der Waals surface area (Å²) >= 11 is 0. The van der Waals surface area contributed by atoms with Crippen molar-refractivity contribution in [3.63, 3.8) is 0 Å². The predicted octanol–water partition coefficient (Wildman–Crippen LogP) is 3.77. The zero-order valence-electron chi connectivity index (χ0n) is 19.3. The monoisotopic (exact) mass is 501 g/mol. The van der Waals surface area contributed by atoms with E-state index in [2.05, 4.69) is 4.99 Å². The van der Waals surface area contributed by atoms with Crippen LogP contribution in [0.3, 0.4) is 0 Å². The first-order valence-electron chi connectivity index (χ1n) is 10.9. The van der Waals surface area contributed by atoms with Crippen molar-refractivity contribution >= 4 is 27.4 Å². The maximum Gasteiger partial charge on any atom is 0.317 e. The number of fused-ring (bicyclic) bond motifs is 1. The molecule has 1 fully saturated rings. The van der Waals surface area contributed by atoms with E-state index >= 15 is 0 Å². The fourth-order valence-electron chi connectivity index (χ4n) is 4.47. The lowest BCUT2D eigenvalue weighted by atomic mass is 9.67. The number of hydrogen-bond acceptors (Lipinski definition) is 6. The van der Waals surface area contributed by atoms with Crippen molar-refractivity contribution in [3.8, 4) is 0 Å². The lowest BCUT2D eigenvalue weighted by Gasteiger charge is -2.44. The third-order valence-corrected chi connectivity index (χ3v) is 8.30. The summed E-state index contributed by atoms with van der Waals surface area (Å²) in [7, 11) is -2.84. The Morgan fingerprint density at radius 1 is 1.20 bits per heavy atom. The van der Waals surface area contributed by atoms with E-state index in [1.165, 1.54) is 54.0 Å². The van der Waals surface area contributed by atoms with E-state index < -0.39 is 33.0 Å². The Bertz CT molecular complexity index is 1370. The minimum absolute atomic E-state index is 0.0658. The lowest BCUT2D eigenvalue weighted by Crippen LogP contribution is -2.53. The van der Waals surface area contributed by atoms with Crippen molar-refractivity contribution in [1.82, 2.24) is 4.31 Å². The third kappa shape index (κ3) is 4.51. The molecule has 1 aliphatic carbocycles. The Kier molecular flexibility index (Phi) is 6.61. The number of sulfonamides is 1. The molecule has 0 amide bonds. The number of nitrogens with two attached hydrogens (primary N) is 1. The van der Waals surface area contributed by atoms with Crippen molar-refractivity contribution in [3.05, 3.63) is 83.1 Å². The number of piperidine rings is 1. The average molecular weight is 502 g/mol. The minimum Gasteiger partial charge on any atom is -0.468 e. The van der Waals surface area contributed by atoms with Crippen LogP contribution in [0.25, 0.3) is 0 Å². The fourth-order valence-corrected chi connectivity index (χ4v) is 5.99. The van der Waals surface area contributed by atoms with Gasteiger partial charge in [-0.15, -0.1) is 0 Å². The van der Waals surface area contributed by atoms with Gasteiger partial charge in [-0.25, -0.2) is 22.2 Å². The summed E-state index contributed by atoms with van der Waals surface area (Å²) in [5.74, 6) is -1.62. The second-order valence-electron chi connectivity index (χ2n) is 8.58. The molecule has 4 rings (SSSR count). The van der Waals surface area contributed by atoms with Crippen molar-refractivity contribution < 1.29 is 26.7 Å². The molecule has 1 heterocycles. The topological polar surface area (TPSA) is 102 Å². The number of aryl methyl sites for hydroxylation is 1. The van der Waals surface area contributed by atoms with Gasteiger partial charge in [0.25, 0.3) is 0 Å². The van der Waals surface area contributed by atoms with Gasteiger partial charge < -0.3 is 10.5 Å². The van der Waals surface area contributed by atoms with Crippen molar-refractivity contribution in [2.24, 2.45) is 16.1 Å². The molecule has 1 saturated heterocycles. The molecule has 0 spiro atoms. The number of benzene rings is 2. The van der Waals surface area contributed by atoms with Crippen LogP contribution in [0.1, 0.15) is 18.4 Å². The molecular weight excluding hydrogens is 476 g/mol. The lowest BCUT2D eigenvalue weighted by molar-refractivity contribution is -0.151. The van der Waals surface area contributed by atoms with E-state index in [1.807, 2.05) is 0 Å². The quantitative estimate of drug-likeness (QED) is 0.643. The van der Waals surface area contributed by atoms with Gasteiger partial charge in [0.2, 0.25) is 10.0 Å². The number of esters is 1. The van der Waals surface area contributed by atoms with Gasteiger partial charge in [-0.1, -0.05) is 6.07 Å². The molecule has 0 radical (unpaired) electrons. The Hall–Kier alpha value is -3.37. The van der Waals surface area contributed by atoms with E-state index in [9.17, 15) is 22.0 Å². The summed E-state index contributed by atoms with van der Waals surface area (Å²) in [6, 6.07) is 9.36. The van der Waals surface area contributed by atoms with Crippen LogP contribution in [0, 0.1) is 24.0 Å². The number of hydrogen-bond donors (Lipinski definition) is 1. The first kappa shape index (κ1) is 24.7. The Morgan fingerprint density at radius 2 is 1.91 bits per heavy atom. The van der Waals surface area contributed by atoms with Gasteiger partial charge in [0.05, 0.1) is 23.4 Å². The van der Waals surface area contributed by atoms with Gasteiger partial charge in [-0.2, -0.15) is 4.31 Å². The zero-order chi connectivity index (χ0) is 25.4. The highest BCUT2D eigenvalue weighted by Crippen LogP contribution is 2.46. The summed E-state index contributed by atoms with van der Waals surface area (Å²) in [4.78, 5) is 17.5. The molecule has 2 aliphatic rings. The standard InChI is InChI=1S/C25H25F2N3O4S/c1-16-3-8-21(12-22(16)27)35(32,33)30-10-9-18-11-23(29-20-6-4-19(26)5-7-20)17(14-28)13-25(18,15-30)24(31)34-2/h3-8,11-12,14H,9-10,13,15,28H2,1-2H3/b17-14-,29-23?/t25-/m0/s1. The molecule has 7 nitrogen and oxygen atoms in total. The van der Waals surface area contributed by atoms with Gasteiger partial charge in [-0.05, 0) is 85.1 Å². The number of halogens is 2. The molecule has 0 aromatic heterocycles. The average Bonchev–Trinajstić information content (AvgIpc) is 2.85. The highest BCUT2D eigenvalue weighted by atomic mass is 32.2. The van der Waals surface area contributed by atoms with E-state index in [0.717, 1.165) is 6.07 Å². The maximum atomic E-state index is 14.1. The van der Waals surface area contributed by atoms with Gasteiger partial charge in [0.15, 0.2) is 0 Å². The molecular formula is C25H25F2N3O4S. The van der Waals surface area contributed by atoms with Crippen LogP contribution in [-0.4, -0.2) is 44.6 Å². The number of rotatable bonds is 4. The predicted molar refractivity (Wildman–Crippen MR) is 127 cm³/mol. The van der Waals surface area contributed by atoms with Crippen molar-refractivity contribution in [1.29, 1.82) is 0 Å². The number of ether oxygens (including phenoxy) is 1. The number of methoxy groups -OCH3 is 1. The van der Waals surface area contributed by atoms with Crippen molar-refractivity contribution in [2.75, 3.05) is 20.2 Å². The van der Waals surface area contributed by atoms with Gasteiger partial charge in [-0.3, -0.25) is 4.79 Å². The largest absolute Gasteiger partial charge is 0.468 e.